The molecule has 23 heavy (non-hydrogen) atoms. The van der Waals surface area contributed by atoms with Crippen LogP contribution in [0.4, 0.5) is 5.69 Å². The summed E-state index contributed by atoms with van der Waals surface area (Å²) in [5.74, 6) is -1.77. The average Bonchev–Trinajstić information content (AvgIpc) is 2.54. The second kappa shape index (κ2) is 7.45. The number of esters is 1. The molecule has 1 aliphatic heterocycles. The number of piperidine rings is 1. The van der Waals surface area contributed by atoms with Gasteiger partial charge in [-0.25, -0.2) is 4.79 Å². The number of benzene rings is 1. The number of likely N-dealkylation sites (tertiary alicyclic amines) is 1. The Hall–Kier alpha value is -2.09. The first-order chi connectivity index (χ1) is 10.9. The van der Waals surface area contributed by atoms with E-state index in [1.807, 2.05) is 0 Å². The third-order valence-electron chi connectivity index (χ3n) is 3.74. The normalized spacial score (nSPS) is 17.6. The predicted octanol–water partition coefficient (Wildman–Crippen LogP) is 0.912. The van der Waals surface area contributed by atoms with Gasteiger partial charge in [0, 0.05) is 23.2 Å². The van der Waals surface area contributed by atoms with E-state index in [2.05, 4.69) is 15.9 Å². The van der Waals surface area contributed by atoms with Crippen molar-refractivity contribution in [1.29, 1.82) is 0 Å². The number of amides is 2. The summed E-state index contributed by atoms with van der Waals surface area (Å²) < 4.78 is 5.71. The standard InChI is InChI=1S/C15H18BrN3O4/c16-10-3-4-12(17)11(6-10)15(22)23-8-13(20)19-5-1-2-9(7-19)14(18)21/h3-4,6,9H,1-2,5,7-8,17H2,(H2,18,21)/t9-/m0/s1. The molecule has 4 N–H and O–H groups in total. The molecule has 1 saturated heterocycles. The third kappa shape index (κ3) is 4.44. The van der Waals surface area contributed by atoms with Crippen molar-refractivity contribution in [1.82, 2.24) is 4.90 Å². The highest BCUT2D eigenvalue weighted by Gasteiger charge is 2.27. The molecular formula is C15H18BrN3O4. The number of nitrogen functional groups attached to an aromatic ring is 1. The first-order valence-corrected chi connectivity index (χ1v) is 7.97. The fourth-order valence-electron chi connectivity index (χ4n) is 2.44. The van der Waals surface area contributed by atoms with Gasteiger partial charge >= 0.3 is 5.97 Å². The fraction of sp³-hybridized carbons (Fsp3) is 0.400. The molecule has 0 aromatic heterocycles. The number of rotatable bonds is 4. The number of primary amides is 1. The van der Waals surface area contributed by atoms with Crippen LogP contribution in [0.1, 0.15) is 23.2 Å². The molecule has 7 nitrogen and oxygen atoms in total. The summed E-state index contributed by atoms with van der Waals surface area (Å²) in [6.07, 6.45) is 1.37. The Bertz CT molecular complexity index is 635. The first kappa shape index (κ1) is 17.3. The lowest BCUT2D eigenvalue weighted by molar-refractivity contribution is -0.137. The van der Waals surface area contributed by atoms with Crippen LogP contribution in [0, 0.1) is 5.92 Å². The van der Waals surface area contributed by atoms with Gasteiger partial charge in [0.05, 0.1) is 11.5 Å². The maximum atomic E-state index is 12.1. The largest absolute Gasteiger partial charge is 0.452 e. The van der Waals surface area contributed by atoms with E-state index in [1.54, 1.807) is 12.1 Å². The van der Waals surface area contributed by atoms with Crippen LogP contribution >= 0.6 is 15.9 Å². The summed E-state index contributed by atoms with van der Waals surface area (Å²) >= 11 is 3.25. The molecule has 2 amide bonds. The molecule has 0 unspecified atom stereocenters. The molecule has 8 heteroatoms. The number of anilines is 1. The summed E-state index contributed by atoms with van der Waals surface area (Å²) in [7, 11) is 0. The number of ether oxygens (including phenoxy) is 1. The SMILES string of the molecule is NC(=O)[C@H]1CCCN(C(=O)COC(=O)c2cc(Br)ccc2N)C1. The van der Waals surface area contributed by atoms with Gasteiger partial charge < -0.3 is 21.1 Å². The van der Waals surface area contributed by atoms with Gasteiger partial charge in [-0.05, 0) is 31.0 Å². The van der Waals surface area contributed by atoms with Gasteiger partial charge in [0.15, 0.2) is 6.61 Å². The lowest BCUT2D eigenvalue weighted by Gasteiger charge is -2.31. The Morgan fingerprint density at radius 1 is 1.35 bits per heavy atom. The van der Waals surface area contributed by atoms with E-state index >= 15 is 0 Å². The first-order valence-electron chi connectivity index (χ1n) is 7.17. The third-order valence-corrected chi connectivity index (χ3v) is 4.23. The zero-order valence-electron chi connectivity index (χ0n) is 12.5. The smallest absolute Gasteiger partial charge is 0.340 e. The van der Waals surface area contributed by atoms with E-state index in [1.165, 1.54) is 11.0 Å². The minimum atomic E-state index is -0.666. The van der Waals surface area contributed by atoms with Gasteiger partial charge in [-0.15, -0.1) is 0 Å². The Kier molecular flexibility index (Phi) is 5.59. The van der Waals surface area contributed by atoms with E-state index in [0.717, 1.165) is 0 Å². The number of hydrogen-bond acceptors (Lipinski definition) is 5. The van der Waals surface area contributed by atoms with Crippen LogP contribution in [0.2, 0.25) is 0 Å². The van der Waals surface area contributed by atoms with Gasteiger partial charge in [0.1, 0.15) is 0 Å². The zero-order valence-corrected chi connectivity index (χ0v) is 14.0. The second-order valence-corrected chi connectivity index (χ2v) is 6.30. The molecule has 2 rings (SSSR count). The van der Waals surface area contributed by atoms with Gasteiger partial charge in [0.25, 0.3) is 5.91 Å². The van der Waals surface area contributed by atoms with Crippen molar-refractivity contribution in [3.63, 3.8) is 0 Å². The number of nitrogens with zero attached hydrogens (tertiary/aromatic N) is 1. The van der Waals surface area contributed by atoms with Crippen LogP contribution in [0.3, 0.4) is 0 Å². The van der Waals surface area contributed by atoms with Gasteiger partial charge in [0.2, 0.25) is 5.91 Å². The quantitative estimate of drug-likeness (QED) is 0.592. The summed E-state index contributed by atoms with van der Waals surface area (Å²) in [6, 6.07) is 4.81. The fourth-order valence-corrected chi connectivity index (χ4v) is 2.80. The molecule has 1 aromatic carbocycles. The lowest BCUT2D eigenvalue weighted by Crippen LogP contribution is -2.45. The summed E-state index contributed by atoms with van der Waals surface area (Å²) in [6.45, 7) is 0.403. The number of nitrogens with two attached hydrogens (primary N) is 2. The molecule has 1 atom stereocenters. The Balaban J connectivity index is 1.92. The van der Waals surface area contributed by atoms with Gasteiger partial charge in [-0.1, -0.05) is 15.9 Å². The van der Waals surface area contributed by atoms with Crippen molar-refractivity contribution < 1.29 is 19.1 Å². The highest BCUT2D eigenvalue weighted by atomic mass is 79.9. The Morgan fingerprint density at radius 2 is 2.09 bits per heavy atom. The zero-order chi connectivity index (χ0) is 17.0. The van der Waals surface area contributed by atoms with Gasteiger partial charge in [-0.3, -0.25) is 9.59 Å². The van der Waals surface area contributed by atoms with Crippen LogP contribution in [0.25, 0.3) is 0 Å². The molecule has 1 fully saturated rings. The highest BCUT2D eigenvalue weighted by molar-refractivity contribution is 9.10. The molecule has 0 bridgehead atoms. The molecule has 0 saturated carbocycles. The molecule has 1 aliphatic rings. The van der Waals surface area contributed by atoms with Crippen molar-refractivity contribution in [2.45, 2.75) is 12.8 Å². The van der Waals surface area contributed by atoms with Crippen LogP contribution in [-0.2, 0) is 14.3 Å². The molecule has 124 valence electrons. The maximum absolute atomic E-state index is 12.1. The number of hydrogen-bond donors (Lipinski definition) is 2. The molecule has 0 aliphatic carbocycles. The number of carbonyl (C=O) groups excluding carboxylic acids is 3. The van der Waals surface area contributed by atoms with E-state index in [0.29, 0.717) is 23.9 Å². The van der Waals surface area contributed by atoms with Gasteiger partial charge in [-0.2, -0.15) is 0 Å². The topological polar surface area (TPSA) is 116 Å². The van der Waals surface area contributed by atoms with Crippen molar-refractivity contribution in [3.05, 3.63) is 28.2 Å². The number of carbonyl (C=O) groups is 3. The van der Waals surface area contributed by atoms with E-state index in [9.17, 15) is 14.4 Å². The summed E-state index contributed by atoms with van der Waals surface area (Å²) in [5.41, 5.74) is 11.5. The Morgan fingerprint density at radius 3 is 2.78 bits per heavy atom. The molecule has 1 heterocycles. The van der Waals surface area contributed by atoms with E-state index in [4.69, 9.17) is 16.2 Å². The minimum absolute atomic E-state index is 0.195. The van der Waals surface area contributed by atoms with Crippen molar-refractivity contribution in [2.75, 3.05) is 25.4 Å². The highest BCUT2D eigenvalue weighted by Crippen LogP contribution is 2.20. The van der Waals surface area contributed by atoms with Crippen LogP contribution in [0.15, 0.2) is 22.7 Å². The van der Waals surface area contributed by atoms with E-state index < -0.39 is 18.5 Å². The predicted molar refractivity (Wildman–Crippen MR) is 87.3 cm³/mol. The van der Waals surface area contributed by atoms with Crippen molar-refractivity contribution in [2.24, 2.45) is 11.7 Å². The molecular weight excluding hydrogens is 366 g/mol. The molecule has 0 spiro atoms. The Labute approximate surface area is 142 Å². The summed E-state index contributed by atoms with van der Waals surface area (Å²) in [4.78, 5) is 36.8. The molecule has 0 radical (unpaired) electrons. The second-order valence-electron chi connectivity index (χ2n) is 5.39. The maximum Gasteiger partial charge on any atom is 0.340 e. The van der Waals surface area contributed by atoms with Crippen LogP contribution < -0.4 is 11.5 Å². The monoisotopic (exact) mass is 383 g/mol. The van der Waals surface area contributed by atoms with Crippen LogP contribution in [-0.4, -0.2) is 42.4 Å². The minimum Gasteiger partial charge on any atom is -0.452 e. The lowest BCUT2D eigenvalue weighted by atomic mass is 9.97. The molecule has 1 aromatic rings. The van der Waals surface area contributed by atoms with E-state index in [-0.39, 0.29) is 29.6 Å². The van der Waals surface area contributed by atoms with Crippen molar-refractivity contribution >= 4 is 39.4 Å². The summed E-state index contributed by atoms with van der Waals surface area (Å²) in [5, 5.41) is 0. The average molecular weight is 384 g/mol. The van der Waals surface area contributed by atoms with Crippen LogP contribution in [0.5, 0.6) is 0 Å². The van der Waals surface area contributed by atoms with Crippen molar-refractivity contribution in [3.8, 4) is 0 Å². The number of halogens is 1.